The highest BCUT2D eigenvalue weighted by molar-refractivity contribution is 7.99. The molecule has 15 heavy (non-hydrogen) atoms. The van der Waals surface area contributed by atoms with Gasteiger partial charge in [-0.1, -0.05) is 6.92 Å². The molecule has 0 aliphatic carbocycles. The van der Waals surface area contributed by atoms with Crippen LogP contribution < -0.4 is 5.32 Å². The predicted octanol–water partition coefficient (Wildman–Crippen LogP) is 1.90. The van der Waals surface area contributed by atoms with E-state index in [0.29, 0.717) is 11.7 Å². The Balaban J connectivity index is 2.47. The average molecular weight is 222 g/mol. The summed E-state index contributed by atoms with van der Waals surface area (Å²) in [5.41, 5.74) is 0.344. The number of nitriles is 1. The summed E-state index contributed by atoms with van der Waals surface area (Å²) in [5.74, 6) is 2.88. The van der Waals surface area contributed by atoms with E-state index in [9.17, 15) is 0 Å². The van der Waals surface area contributed by atoms with Gasteiger partial charge in [-0.25, -0.2) is 9.97 Å². The molecule has 0 fully saturated rings. The first-order chi connectivity index (χ1) is 7.26. The Morgan fingerprint density at radius 1 is 1.53 bits per heavy atom. The Morgan fingerprint density at radius 2 is 2.33 bits per heavy atom. The zero-order chi connectivity index (χ0) is 11.1. The lowest BCUT2D eigenvalue weighted by Crippen LogP contribution is -2.19. The lowest BCUT2D eigenvalue weighted by atomic mass is 10.4. The van der Waals surface area contributed by atoms with Crippen LogP contribution in [0.4, 0.5) is 5.82 Å². The Labute approximate surface area is 94.1 Å². The Bertz CT molecular complexity index is 330. The first kappa shape index (κ1) is 11.8. The molecule has 1 N–H and O–H groups in total. The molecule has 4 nitrogen and oxygen atoms in total. The summed E-state index contributed by atoms with van der Waals surface area (Å²) in [4.78, 5) is 8.03. The van der Waals surface area contributed by atoms with Gasteiger partial charge in [-0.2, -0.15) is 17.0 Å². The average Bonchev–Trinajstić information content (AvgIpc) is 2.27. The molecule has 0 saturated carbocycles. The monoisotopic (exact) mass is 222 g/mol. The molecule has 1 aromatic heterocycles. The first-order valence-corrected chi connectivity index (χ1v) is 5.98. The highest BCUT2D eigenvalue weighted by Crippen LogP contribution is 2.07. The number of nitrogens with one attached hydrogen (secondary N) is 1. The normalized spacial score (nSPS) is 11.8. The van der Waals surface area contributed by atoms with Gasteiger partial charge >= 0.3 is 0 Å². The van der Waals surface area contributed by atoms with Crippen LogP contribution in [0, 0.1) is 11.3 Å². The summed E-state index contributed by atoms with van der Waals surface area (Å²) < 4.78 is 0. The number of nitrogens with zero attached hydrogens (tertiary/aromatic N) is 3. The van der Waals surface area contributed by atoms with Crippen molar-refractivity contribution in [3.8, 4) is 6.07 Å². The summed E-state index contributed by atoms with van der Waals surface area (Å²) in [7, 11) is 0. The van der Waals surface area contributed by atoms with E-state index in [1.54, 1.807) is 6.20 Å². The number of thioether (sulfide) groups is 1. The molecule has 0 amide bonds. The van der Waals surface area contributed by atoms with Gasteiger partial charge in [-0.15, -0.1) is 0 Å². The van der Waals surface area contributed by atoms with E-state index in [1.807, 2.05) is 17.8 Å². The molecule has 1 heterocycles. The van der Waals surface area contributed by atoms with E-state index < -0.39 is 0 Å². The third kappa shape index (κ3) is 4.17. The van der Waals surface area contributed by atoms with Crippen molar-refractivity contribution in [3.63, 3.8) is 0 Å². The van der Waals surface area contributed by atoms with Gasteiger partial charge in [0.1, 0.15) is 11.9 Å². The molecule has 1 atom stereocenters. The van der Waals surface area contributed by atoms with E-state index in [0.717, 1.165) is 17.3 Å². The maximum Gasteiger partial charge on any atom is 0.158 e. The summed E-state index contributed by atoms with van der Waals surface area (Å²) in [6, 6.07) is 2.29. The minimum atomic E-state index is 0.344. The molecular formula is C10H14N4S. The summed E-state index contributed by atoms with van der Waals surface area (Å²) in [6.07, 6.45) is 3.06. The molecule has 1 unspecified atom stereocenters. The van der Waals surface area contributed by atoms with Gasteiger partial charge in [0.05, 0.1) is 12.4 Å². The van der Waals surface area contributed by atoms with Crippen LogP contribution in [0.5, 0.6) is 0 Å². The molecule has 0 radical (unpaired) electrons. The predicted molar refractivity (Wildman–Crippen MR) is 62.8 cm³/mol. The minimum absolute atomic E-state index is 0.344. The maximum atomic E-state index is 8.55. The fourth-order valence-corrected chi connectivity index (χ4v) is 1.72. The van der Waals surface area contributed by atoms with Gasteiger partial charge in [0.25, 0.3) is 0 Å². The van der Waals surface area contributed by atoms with Crippen molar-refractivity contribution < 1.29 is 0 Å². The van der Waals surface area contributed by atoms with E-state index >= 15 is 0 Å². The van der Waals surface area contributed by atoms with Crippen LogP contribution in [0.2, 0.25) is 0 Å². The van der Waals surface area contributed by atoms with Crippen LogP contribution in [-0.4, -0.2) is 27.5 Å². The second-order valence-electron chi connectivity index (χ2n) is 3.10. The van der Waals surface area contributed by atoms with Crippen LogP contribution in [-0.2, 0) is 0 Å². The summed E-state index contributed by atoms with van der Waals surface area (Å²) >= 11 is 1.88. The molecule has 0 aromatic carbocycles. The van der Waals surface area contributed by atoms with Crippen LogP contribution in [0.25, 0.3) is 0 Å². The maximum absolute atomic E-state index is 8.55. The third-order valence-corrected chi connectivity index (χ3v) is 2.88. The molecule has 0 saturated heterocycles. The Morgan fingerprint density at radius 3 is 2.87 bits per heavy atom. The van der Waals surface area contributed by atoms with Gasteiger partial charge in [0.15, 0.2) is 5.69 Å². The van der Waals surface area contributed by atoms with Gasteiger partial charge < -0.3 is 5.32 Å². The van der Waals surface area contributed by atoms with Crippen molar-refractivity contribution in [1.29, 1.82) is 5.26 Å². The van der Waals surface area contributed by atoms with Crippen molar-refractivity contribution in [2.24, 2.45) is 0 Å². The van der Waals surface area contributed by atoms with E-state index in [2.05, 4.69) is 29.1 Å². The van der Waals surface area contributed by atoms with Gasteiger partial charge in [-0.05, 0) is 12.7 Å². The quantitative estimate of drug-likeness (QED) is 0.824. The zero-order valence-corrected chi connectivity index (χ0v) is 9.71. The van der Waals surface area contributed by atoms with Crippen LogP contribution in [0.15, 0.2) is 12.4 Å². The number of rotatable bonds is 5. The molecule has 1 rings (SSSR count). The Hall–Kier alpha value is -1.28. The molecule has 5 heteroatoms. The van der Waals surface area contributed by atoms with E-state index in [4.69, 9.17) is 5.26 Å². The molecule has 0 bridgehead atoms. The van der Waals surface area contributed by atoms with Crippen LogP contribution in [0.3, 0.4) is 0 Å². The van der Waals surface area contributed by atoms with Gasteiger partial charge in [-0.3, -0.25) is 0 Å². The van der Waals surface area contributed by atoms with Gasteiger partial charge in [0, 0.05) is 11.8 Å². The fourth-order valence-electron chi connectivity index (χ4n) is 1.05. The number of aromatic nitrogens is 2. The molecule has 0 aliphatic rings. The molecular weight excluding hydrogens is 208 g/mol. The summed E-state index contributed by atoms with van der Waals surface area (Å²) in [6.45, 7) is 4.24. The van der Waals surface area contributed by atoms with Crippen molar-refractivity contribution in [2.75, 3.05) is 16.8 Å². The minimum Gasteiger partial charge on any atom is -0.366 e. The lowest BCUT2D eigenvalue weighted by Gasteiger charge is -2.12. The fraction of sp³-hybridized carbons (Fsp3) is 0.500. The summed E-state index contributed by atoms with van der Waals surface area (Å²) in [5, 5.41) is 11.8. The van der Waals surface area contributed by atoms with Crippen LogP contribution in [0.1, 0.15) is 19.5 Å². The highest BCUT2D eigenvalue weighted by atomic mass is 32.2. The lowest BCUT2D eigenvalue weighted by molar-refractivity contribution is 0.897. The topological polar surface area (TPSA) is 61.6 Å². The molecule has 1 aromatic rings. The first-order valence-electron chi connectivity index (χ1n) is 4.82. The van der Waals surface area contributed by atoms with Crippen molar-refractivity contribution in [1.82, 2.24) is 9.97 Å². The molecule has 0 spiro atoms. The number of hydrogen-bond donors (Lipinski definition) is 1. The van der Waals surface area contributed by atoms with Crippen LogP contribution >= 0.6 is 11.8 Å². The standard InChI is InChI=1S/C10H14N4S/c1-3-15-7-8(2)14-10-6-12-9(4-11)5-13-10/h5-6,8H,3,7H2,1-2H3,(H,13,14). The second kappa shape index (κ2) is 6.25. The zero-order valence-electron chi connectivity index (χ0n) is 8.90. The second-order valence-corrected chi connectivity index (χ2v) is 4.42. The smallest absolute Gasteiger partial charge is 0.158 e. The number of anilines is 1. The molecule has 0 aliphatic heterocycles. The van der Waals surface area contributed by atoms with Crippen molar-refractivity contribution in [2.45, 2.75) is 19.9 Å². The van der Waals surface area contributed by atoms with Crippen molar-refractivity contribution in [3.05, 3.63) is 18.1 Å². The largest absolute Gasteiger partial charge is 0.366 e. The van der Waals surface area contributed by atoms with E-state index in [-0.39, 0.29) is 0 Å². The Kier molecular flexibility index (Phi) is 4.91. The number of hydrogen-bond acceptors (Lipinski definition) is 5. The van der Waals surface area contributed by atoms with Gasteiger partial charge in [0.2, 0.25) is 0 Å². The SMILES string of the molecule is CCSCC(C)Nc1cnc(C#N)cn1. The third-order valence-electron chi connectivity index (χ3n) is 1.73. The van der Waals surface area contributed by atoms with Crippen molar-refractivity contribution >= 4 is 17.6 Å². The van der Waals surface area contributed by atoms with E-state index in [1.165, 1.54) is 6.20 Å². The molecule has 80 valence electrons. The highest BCUT2D eigenvalue weighted by Gasteiger charge is 2.02.